The molecule has 0 nitrogen and oxygen atoms in total. The van der Waals surface area contributed by atoms with Crippen molar-refractivity contribution in [3.8, 4) is 0 Å². The molecule has 0 bridgehead atoms. The Morgan fingerprint density at radius 3 is 2.25 bits per heavy atom. The predicted molar refractivity (Wildman–Crippen MR) is 37.6 cm³/mol. The van der Waals surface area contributed by atoms with E-state index in [-0.39, 0.29) is 11.2 Å². The van der Waals surface area contributed by atoms with Crippen molar-refractivity contribution in [1.29, 1.82) is 0 Å². The van der Waals surface area contributed by atoms with Crippen LogP contribution in [0.3, 0.4) is 0 Å². The molecule has 1 aliphatic carbocycles. The van der Waals surface area contributed by atoms with E-state index in [4.69, 9.17) is 19.4 Å². The first-order valence-corrected chi connectivity index (χ1v) is 3.64. The number of rotatable bonds is 0. The van der Waals surface area contributed by atoms with Crippen molar-refractivity contribution in [2.75, 3.05) is 0 Å². The van der Waals surface area contributed by atoms with Crippen molar-refractivity contribution in [2.45, 2.75) is 36.9 Å². The molecule has 1 rings (SSSR count). The van der Waals surface area contributed by atoms with Crippen molar-refractivity contribution in [2.24, 2.45) is 0 Å². The Labute approximate surface area is 57.0 Å². The minimum atomic E-state index is 0.253. The van der Waals surface area contributed by atoms with Gasteiger partial charge in [-0.2, -0.15) is 0 Å². The second-order valence-electron chi connectivity index (χ2n) is 2.46. The van der Waals surface area contributed by atoms with Crippen LogP contribution < -0.4 is 0 Å². The van der Waals surface area contributed by atoms with Crippen LogP contribution in [0.4, 0.5) is 0 Å². The Morgan fingerprint density at radius 2 is 1.88 bits per heavy atom. The van der Waals surface area contributed by atoms with Gasteiger partial charge in [0.2, 0.25) is 0 Å². The fourth-order valence-corrected chi connectivity index (χ4v) is 1.39. The zero-order chi connectivity index (χ0) is 5.98. The Morgan fingerprint density at radius 1 is 1.25 bits per heavy atom. The van der Waals surface area contributed by atoms with Crippen LogP contribution in [0.2, 0.25) is 5.82 Å². The summed E-state index contributed by atoms with van der Waals surface area (Å²) in [5.41, 5.74) is 0. The van der Waals surface area contributed by atoms with Crippen LogP contribution in [0.1, 0.15) is 25.7 Å². The quantitative estimate of drug-likeness (QED) is 0.346. The second-order valence-corrected chi connectivity index (χ2v) is 3.02. The Kier molecular flexibility index (Phi) is 2.24. The molecule has 2 heteroatoms. The van der Waals surface area contributed by atoms with Gasteiger partial charge in [0.25, 0.3) is 0 Å². The van der Waals surface area contributed by atoms with Gasteiger partial charge in [-0.3, -0.25) is 0 Å². The molecule has 0 aliphatic heterocycles. The summed E-state index contributed by atoms with van der Waals surface area (Å²) >= 11 is 5.84. The van der Waals surface area contributed by atoms with Gasteiger partial charge in [-0.1, -0.05) is 25.1 Å². The molecule has 0 amide bonds. The third kappa shape index (κ3) is 1.41. The van der Waals surface area contributed by atoms with Crippen LogP contribution in [-0.2, 0) is 0 Å². The molecule has 8 heavy (non-hydrogen) atoms. The lowest BCUT2D eigenvalue weighted by Gasteiger charge is -2.22. The summed E-state index contributed by atoms with van der Waals surface area (Å²) in [5, 5.41) is 0.253. The third-order valence-corrected chi connectivity index (χ3v) is 2.27. The van der Waals surface area contributed by atoms with E-state index in [0.717, 1.165) is 12.8 Å². The first-order chi connectivity index (χ1) is 3.80. The molecule has 0 saturated heterocycles. The van der Waals surface area contributed by atoms with Crippen LogP contribution in [0, 0.1) is 0 Å². The highest BCUT2D eigenvalue weighted by Gasteiger charge is 2.17. The van der Waals surface area contributed by atoms with Gasteiger partial charge in [0.05, 0.1) is 7.85 Å². The van der Waals surface area contributed by atoms with Gasteiger partial charge in [0.15, 0.2) is 0 Å². The standard InChI is InChI=1S/C6H10BCl/c7-5-3-1-2-4-6(5)8/h5-6H,1-4H2/t5-,6-/m1/s1. The molecule has 0 aromatic rings. The van der Waals surface area contributed by atoms with Gasteiger partial charge in [-0.05, 0) is 6.42 Å². The first kappa shape index (κ1) is 6.47. The van der Waals surface area contributed by atoms with Gasteiger partial charge >= 0.3 is 0 Å². The van der Waals surface area contributed by atoms with E-state index in [1.807, 2.05) is 0 Å². The molecule has 0 N–H and O–H groups in total. The summed E-state index contributed by atoms with van der Waals surface area (Å²) < 4.78 is 0. The highest BCUT2D eigenvalue weighted by atomic mass is 35.5. The Hall–Kier alpha value is 0.355. The average Bonchev–Trinajstić information content (AvgIpc) is 1.77. The minimum absolute atomic E-state index is 0.253. The van der Waals surface area contributed by atoms with Crippen LogP contribution in [0.25, 0.3) is 0 Å². The SMILES string of the molecule is [B][C@@H]1CCCC[C@H]1Cl. The number of hydrogen-bond acceptors (Lipinski definition) is 0. The van der Waals surface area contributed by atoms with Gasteiger partial charge in [0, 0.05) is 5.38 Å². The maximum Gasteiger partial charge on any atom is 0.0719 e. The highest BCUT2D eigenvalue weighted by Crippen LogP contribution is 2.30. The Bertz CT molecular complexity index is 64.9. The number of halogens is 1. The fourth-order valence-electron chi connectivity index (χ4n) is 1.11. The van der Waals surface area contributed by atoms with Crippen molar-refractivity contribution in [3.63, 3.8) is 0 Å². The van der Waals surface area contributed by atoms with E-state index < -0.39 is 0 Å². The maximum atomic E-state index is 5.84. The van der Waals surface area contributed by atoms with Gasteiger partial charge in [-0.25, -0.2) is 0 Å². The summed E-state index contributed by atoms with van der Waals surface area (Å²) in [7, 11) is 5.65. The van der Waals surface area contributed by atoms with Crippen molar-refractivity contribution < 1.29 is 0 Å². The lowest BCUT2D eigenvalue weighted by atomic mass is 9.75. The van der Waals surface area contributed by atoms with Crippen LogP contribution in [0.15, 0.2) is 0 Å². The van der Waals surface area contributed by atoms with Crippen molar-refractivity contribution in [1.82, 2.24) is 0 Å². The average molecular weight is 128 g/mol. The molecule has 2 atom stereocenters. The van der Waals surface area contributed by atoms with Crippen LogP contribution >= 0.6 is 11.6 Å². The molecule has 44 valence electrons. The molecular formula is C6H10BCl. The highest BCUT2D eigenvalue weighted by molar-refractivity contribution is 6.26. The van der Waals surface area contributed by atoms with E-state index in [0.29, 0.717) is 0 Å². The van der Waals surface area contributed by atoms with Gasteiger partial charge < -0.3 is 0 Å². The lowest BCUT2D eigenvalue weighted by Crippen LogP contribution is -2.13. The molecule has 0 aromatic carbocycles. The lowest BCUT2D eigenvalue weighted by molar-refractivity contribution is 0.511. The monoisotopic (exact) mass is 128 g/mol. The van der Waals surface area contributed by atoms with Crippen LogP contribution in [0.5, 0.6) is 0 Å². The number of alkyl halides is 1. The number of hydrogen-bond donors (Lipinski definition) is 0. The molecule has 0 unspecified atom stereocenters. The zero-order valence-corrected chi connectivity index (χ0v) is 5.69. The van der Waals surface area contributed by atoms with E-state index in [9.17, 15) is 0 Å². The van der Waals surface area contributed by atoms with Crippen LogP contribution in [-0.4, -0.2) is 13.2 Å². The molecule has 2 radical (unpaired) electrons. The molecule has 0 spiro atoms. The topological polar surface area (TPSA) is 0 Å². The summed E-state index contributed by atoms with van der Waals surface area (Å²) in [4.78, 5) is 0. The molecular weight excluding hydrogens is 118 g/mol. The van der Waals surface area contributed by atoms with E-state index in [1.165, 1.54) is 12.8 Å². The molecule has 0 heterocycles. The third-order valence-electron chi connectivity index (χ3n) is 1.73. The molecule has 0 aromatic heterocycles. The predicted octanol–water partition coefficient (Wildman–Crippen LogP) is 2.12. The van der Waals surface area contributed by atoms with E-state index in [2.05, 4.69) is 0 Å². The summed E-state index contributed by atoms with van der Waals surface area (Å²) in [6.07, 6.45) is 4.77. The van der Waals surface area contributed by atoms with Crippen molar-refractivity contribution in [3.05, 3.63) is 0 Å². The zero-order valence-electron chi connectivity index (χ0n) is 4.94. The molecule has 1 saturated carbocycles. The summed E-state index contributed by atoms with van der Waals surface area (Å²) in [5.74, 6) is 0.269. The second kappa shape index (κ2) is 2.77. The van der Waals surface area contributed by atoms with Crippen molar-refractivity contribution >= 4 is 19.4 Å². The first-order valence-electron chi connectivity index (χ1n) is 3.20. The van der Waals surface area contributed by atoms with E-state index in [1.54, 1.807) is 0 Å². The van der Waals surface area contributed by atoms with E-state index >= 15 is 0 Å². The van der Waals surface area contributed by atoms with Gasteiger partial charge in [-0.15, -0.1) is 11.6 Å². The normalized spacial score (nSPS) is 39.6. The Balaban J connectivity index is 2.28. The molecule has 1 fully saturated rings. The molecule has 1 aliphatic rings. The fraction of sp³-hybridized carbons (Fsp3) is 1.00. The maximum absolute atomic E-state index is 5.84. The smallest absolute Gasteiger partial charge is 0.0719 e. The summed E-state index contributed by atoms with van der Waals surface area (Å²) in [6.45, 7) is 0. The minimum Gasteiger partial charge on any atom is -0.124 e. The largest absolute Gasteiger partial charge is 0.124 e. The summed E-state index contributed by atoms with van der Waals surface area (Å²) in [6, 6.07) is 0. The van der Waals surface area contributed by atoms with Gasteiger partial charge in [0.1, 0.15) is 0 Å².